The van der Waals surface area contributed by atoms with Crippen LogP contribution in [0.15, 0.2) is 36.5 Å². The zero-order chi connectivity index (χ0) is 18.9. The van der Waals surface area contributed by atoms with E-state index in [9.17, 15) is 22.8 Å². The van der Waals surface area contributed by atoms with Gasteiger partial charge in [-0.25, -0.2) is 9.78 Å². The zero-order valence-electron chi connectivity index (χ0n) is 13.0. The number of imide groups is 1. The van der Waals surface area contributed by atoms with Crippen LogP contribution in [0.1, 0.15) is 11.1 Å². The second kappa shape index (κ2) is 6.83. The van der Waals surface area contributed by atoms with Gasteiger partial charge in [0.2, 0.25) is 5.91 Å². The van der Waals surface area contributed by atoms with Crippen LogP contribution in [0.3, 0.4) is 0 Å². The number of carbonyl (C=O) groups excluding carboxylic acids is 2. The average molecular weight is 386 g/mol. The van der Waals surface area contributed by atoms with Crippen LogP contribution in [0, 0.1) is 0 Å². The highest BCUT2D eigenvalue weighted by atomic mass is 35.5. The quantitative estimate of drug-likeness (QED) is 0.819. The van der Waals surface area contributed by atoms with Crippen LogP contribution in [0.4, 0.5) is 23.8 Å². The van der Waals surface area contributed by atoms with Gasteiger partial charge in [-0.15, -0.1) is 0 Å². The second-order valence-corrected chi connectivity index (χ2v) is 5.75. The summed E-state index contributed by atoms with van der Waals surface area (Å²) in [5.74, 6) is -0.0438. The molecule has 1 fully saturated rings. The Bertz CT molecular complexity index is 856. The molecule has 0 bridgehead atoms. The van der Waals surface area contributed by atoms with Crippen LogP contribution in [-0.2, 0) is 17.6 Å². The molecule has 1 saturated heterocycles. The van der Waals surface area contributed by atoms with E-state index in [0.29, 0.717) is 0 Å². The molecule has 1 aromatic carbocycles. The van der Waals surface area contributed by atoms with Gasteiger partial charge in [-0.1, -0.05) is 17.7 Å². The molecule has 6 nitrogen and oxygen atoms in total. The first-order valence-corrected chi connectivity index (χ1v) is 7.68. The molecule has 3 rings (SSSR count). The lowest BCUT2D eigenvalue weighted by molar-refractivity contribution is -0.138. The molecule has 1 aliphatic rings. The number of hydrogen-bond donors (Lipinski definition) is 1. The van der Waals surface area contributed by atoms with Gasteiger partial charge in [0, 0.05) is 10.6 Å². The zero-order valence-corrected chi connectivity index (χ0v) is 13.8. The maximum atomic E-state index is 13.1. The maximum absolute atomic E-state index is 13.1. The van der Waals surface area contributed by atoms with E-state index in [1.807, 2.05) is 0 Å². The molecular formula is C16H11ClF3N3O3. The number of amides is 3. The number of ether oxygens (including phenoxy) is 1. The van der Waals surface area contributed by atoms with Gasteiger partial charge >= 0.3 is 12.2 Å². The molecule has 2 aromatic rings. The number of pyridine rings is 1. The average Bonchev–Trinajstić information content (AvgIpc) is 2.91. The molecule has 136 valence electrons. The van der Waals surface area contributed by atoms with Crippen LogP contribution >= 0.6 is 11.6 Å². The fourth-order valence-electron chi connectivity index (χ4n) is 2.37. The molecule has 0 spiro atoms. The topological polar surface area (TPSA) is 71.5 Å². The Morgan fingerprint density at radius 1 is 1.23 bits per heavy atom. The molecule has 3 amide bonds. The number of nitrogens with one attached hydrogen (secondary N) is 1. The monoisotopic (exact) mass is 385 g/mol. The molecule has 0 unspecified atom stereocenters. The van der Waals surface area contributed by atoms with E-state index in [0.717, 1.165) is 11.0 Å². The first-order chi connectivity index (χ1) is 12.3. The Kier molecular flexibility index (Phi) is 4.73. The predicted octanol–water partition coefficient (Wildman–Crippen LogP) is 3.39. The number of benzene rings is 1. The number of alkyl halides is 3. The minimum atomic E-state index is -4.55. The molecule has 0 atom stereocenters. The Morgan fingerprint density at radius 3 is 2.58 bits per heavy atom. The fraction of sp³-hybridized carbons (Fsp3) is 0.188. The largest absolute Gasteiger partial charge is 0.487 e. The van der Waals surface area contributed by atoms with Crippen molar-refractivity contribution < 1.29 is 27.5 Å². The van der Waals surface area contributed by atoms with Gasteiger partial charge in [0.25, 0.3) is 0 Å². The number of anilines is 1. The third-order valence-corrected chi connectivity index (χ3v) is 3.95. The van der Waals surface area contributed by atoms with E-state index in [1.165, 1.54) is 30.5 Å². The van der Waals surface area contributed by atoms with E-state index in [-0.39, 0.29) is 28.7 Å². The van der Waals surface area contributed by atoms with Crippen molar-refractivity contribution in [3.05, 3.63) is 52.7 Å². The summed E-state index contributed by atoms with van der Waals surface area (Å²) in [4.78, 5) is 27.8. The number of carbonyl (C=O) groups is 2. The summed E-state index contributed by atoms with van der Waals surface area (Å²) in [5.41, 5.74) is -1.06. The molecule has 2 heterocycles. The lowest BCUT2D eigenvalue weighted by Crippen LogP contribution is -2.28. The Hall–Kier alpha value is -2.81. The highest BCUT2D eigenvalue weighted by molar-refractivity contribution is 6.31. The van der Waals surface area contributed by atoms with Gasteiger partial charge in [-0.2, -0.15) is 13.2 Å². The lowest BCUT2D eigenvalue weighted by atomic mass is 10.1. The van der Waals surface area contributed by atoms with Crippen molar-refractivity contribution in [3.8, 4) is 5.75 Å². The Morgan fingerprint density at radius 2 is 2.00 bits per heavy atom. The van der Waals surface area contributed by atoms with Crippen molar-refractivity contribution in [2.75, 3.05) is 11.4 Å². The van der Waals surface area contributed by atoms with E-state index < -0.39 is 30.3 Å². The number of halogens is 4. The van der Waals surface area contributed by atoms with Gasteiger partial charge in [0.05, 0.1) is 11.8 Å². The molecule has 1 N–H and O–H groups in total. The Balaban J connectivity index is 1.74. The summed E-state index contributed by atoms with van der Waals surface area (Å²) in [6.45, 7) is -0.557. The normalized spacial score (nSPS) is 14.5. The fourth-order valence-corrected chi connectivity index (χ4v) is 2.60. The minimum Gasteiger partial charge on any atom is -0.487 e. The summed E-state index contributed by atoms with van der Waals surface area (Å²) >= 11 is 5.86. The summed E-state index contributed by atoms with van der Waals surface area (Å²) < 4.78 is 44.5. The first kappa shape index (κ1) is 18.0. The molecule has 1 aromatic heterocycles. The highest BCUT2D eigenvalue weighted by Crippen LogP contribution is 2.35. The molecular weight excluding hydrogens is 375 g/mol. The van der Waals surface area contributed by atoms with Gasteiger partial charge in [0.1, 0.15) is 24.7 Å². The SMILES string of the molecule is O=C1CN(c2ccc(OCc3c(Cl)cccc3C(F)(F)F)cn2)C(=O)N1. The van der Waals surface area contributed by atoms with Gasteiger partial charge in [-0.3, -0.25) is 15.0 Å². The predicted molar refractivity (Wildman–Crippen MR) is 85.9 cm³/mol. The minimum absolute atomic E-state index is 0.0587. The number of nitrogens with zero attached hydrogens (tertiary/aromatic N) is 2. The van der Waals surface area contributed by atoms with E-state index >= 15 is 0 Å². The molecule has 10 heteroatoms. The lowest BCUT2D eigenvalue weighted by Gasteiger charge is -2.15. The van der Waals surface area contributed by atoms with Crippen molar-refractivity contribution in [1.82, 2.24) is 10.3 Å². The number of urea groups is 1. The van der Waals surface area contributed by atoms with Gasteiger partial charge in [-0.05, 0) is 24.3 Å². The molecule has 26 heavy (non-hydrogen) atoms. The van der Waals surface area contributed by atoms with Crippen molar-refractivity contribution >= 4 is 29.4 Å². The summed E-state index contributed by atoms with van der Waals surface area (Å²) in [6.07, 6.45) is -3.31. The second-order valence-electron chi connectivity index (χ2n) is 5.34. The van der Waals surface area contributed by atoms with Crippen molar-refractivity contribution in [1.29, 1.82) is 0 Å². The van der Waals surface area contributed by atoms with Gasteiger partial charge in [0.15, 0.2) is 0 Å². The summed E-state index contributed by atoms with van der Waals surface area (Å²) in [6, 6.07) is 5.75. The summed E-state index contributed by atoms with van der Waals surface area (Å²) in [5, 5.41) is 2.05. The van der Waals surface area contributed by atoms with E-state index in [2.05, 4.69) is 10.3 Å². The van der Waals surface area contributed by atoms with Crippen LogP contribution in [0.5, 0.6) is 5.75 Å². The molecule has 0 aliphatic carbocycles. The van der Waals surface area contributed by atoms with Gasteiger partial charge < -0.3 is 4.74 Å². The molecule has 1 aliphatic heterocycles. The summed E-state index contributed by atoms with van der Waals surface area (Å²) in [7, 11) is 0. The molecule has 0 saturated carbocycles. The van der Waals surface area contributed by atoms with Crippen LogP contribution in [0.25, 0.3) is 0 Å². The smallest absolute Gasteiger partial charge is 0.416 e. The standard InChI is InChI=1S/C16H11ClF3N3O3/c17-12-3-1-2-11(16(18,19)20)10(12)8-26-9-4-5-13(21-6-9)23-7-14(24)22-15(23)25/h1-6H,7-8H2,(H,22,24,25). The number of aromatic nitrogens is 1. The van der Waals surface area contributed by atoms with Crippen molar-refractivity contribution in [2.45, 2.75) is 12.8 Å². The van der Waals surface area contributed by atoms with Crippen LogP contribution < -0.4 is 15.0 Å². The molecule has 0 radical (unpaired) electrons. The Labute approximate surface area is 150 Å². The number of rotatable bonds is 4. The van der Waals surface area contributed by atoms with Crippen molar-refractivity contribution in [2.24, 2.45) is 0 Å². The van der Waals surface area contributed by atoms with E-state index in [1.54, 1.807) is 0 Å². The third kappa shape index (κ3) is 3.72. The number of hydrogen-bond acceptors (Lipinski definition) is 4. The van der Waals surface area contributed by atoms with Crippen LogP contribution in [0.2, 0.25) is 5.02 Å². The van der Waals surface area contributed by atoms with Crippen molar-refractivity contribution in [3.63, 3.8) is 0 Å². The third-order valence-electron chi connectivity index (χ3n) is 3.60. The first-order valence-electron chi connectivity index (χ1n) is 7.30. The van der Waals surface area contributed by atoms with Crippen LogP contribution in [-0.4, -0.2) is 23.5 Å². The highest BCUT2D eigenvalue weighted by Gasteiger charge is 2.34. The van der Waals surface area contributed by atoms with E-state index in [4.69, 9.17) is 16.3 Å². The maximum Gasteiger partial charge on any atom is 0.416 e.